The lowest BCUT2D eigenvalue weighted by molar-refractivity contribution is 0.0880. The number of nitrogens with zero attached hydrogens (tertiary/aromatic N) is 1. The van der Waals surface area contributed by atoms with Crippen LogP contribution in [-0.2, 0) is 0 Å². The molecule has 1 aromatic heterocycles. The lowest BCUT2D eigenvalue weighted by Crippen LogP contribution is -2.29. The van der Waals surface area contributed by atoms with Gasteiger partial charge in [0.05, 0.1) is 10.9 Å². The summed E-state index contributed by atoms with van der Waals surface area (Å²) in [4.78, 5) is 27.4. The van der Waals surface area contributed by atoms with Crippen molar-refractivity contribution in [3.8, 4) is 0 Å². The Bertz CT molecular complexity index is 761. The largest absolute Gasteiger partial charge is 0.331 e. The van der Waals surface area contributed by atoms with Gasteiger partial charge >= 0.3 is 0 Å². The minimum Gasteiger partial charge on any atom is -0.331 e. The standard InChI is InChI=1S/C13H13BrN2O2S/c1-7(2)5-11(17)16-12(18)9-6-8(14)3-4-10(9)15-13(16)19/h3-4,6-7H,5H2,1-2H3,(H,15,19). The summed E-state index contributed by atoms with van der Waals surface area (Å²) >= 11 is 8.42. The molecule has 0 bridgehead atoms. The topological polar surface area (TPSA) is 54.9 Å². The molecule has 0 saturated carbocycles. The van der Waals surface area contributed by atoms with E-state index in [9.17, 15) is 9.59 Å². The number of nitrogens with one attached hydrogen (secondary N) is 1. The minimum absolute atomic E-state index is 0.144. The summed E-state index contributed by atoms with van der Waals surface area (Å²) in [5.41, 5.74) is 0.262. The molecule has 0 radical (unpaired) electrons. The van der Waals surface area contributed by atoms with Crippen LogP contribution in [0.4, 0.5) is 0 Å². The highest BCUT2D eigenvalue weighted by atomic mass is 79.9. The van der Waals surface area contributed by atoms with E-state index in [1.807, 2.05) is 19.9 Å². The number of H-pyrrole nitrogens is 1. The van der Waals surface area contributed by atoms with E-state index >= 15 is 0 Å². The van der Waals surface area contributed by atoms with Crippen molar-refractivity contribution >= 4 is 45.0 Å². The van der Waals surface area contributed by atoms with Crippen molar-refractivity contribution in [2.24, 2.45) is 5.92 Å². The molecule has 1 N–H and O–H groups in total. The first kappa shape index (κ1) is 14.1. The average Bonchev–Trinajstić information content (AvgIpc) is 2.29. The van der Waals surface area contributed by atoms with E-state index in [0.717, 1.165) is 9.04 Å². The van der Waals surface area contributed by atoms with Gasteiger partial charge in [0.25, 0.3) is 5.56 Å². The summed E-state index contributed by atoms with van der Waals surface area (Å²) in [6, 6.07) is 5.25. The highest BCUT2D eigenvalue weighted by Crippen LogP contribution is 2.15. The smallest absolute Gasteiger partial charge is 0.269 e. The molecular weight excluding hydrogens is 328 g/mol. The maximum Gasteiger partial charge on any atom is 0.269 e. The summed E-state index contributed by atoms with van der Waals surface area (Å²) in [7, 11) is 0. The van der Waals surface area contributed by atoms with E-state index in [0.29, 0.717) is 10.9 Å². The molecule has 1 aromatic carbocycles. The Balaban J connectivity index is 2.72. The molecule has 0 aliphatic rings. The van der Waals surface area contributed by atoms with Crippen LogP contribution in [0.2, 0.25) is 0 Å². The number of benzene rings is 1. The van der Waals surface area contributed by atoms with Crippen molar-refractivity contribution in [1.82, 2.24) is 9.55 Å². The number of carbonyl (C=O) groups excluding carboxylic acids is 1. The third-order valence-corrected chi connectivity index (χ3v) is 3.47. The van der Waals surface area contributed by atoms with Crippen LogP contribution < -0.4 is 5.56 Å². The van der Waals surface area contributed by atoms with E-state index in [2.05, 4.69) is 20.9 Å². The van der Waals surface area contributed by atoms with Crippen molar-refractivity contribution in [2.75, 3.05) is 0 Å². The zero-order chi connectivity index (χ0) is 14.2. The minimum atomic E-state index is -0.370. The van der Waals surface area contributed by atoms with Crippen LogP contribution in [0.5, 0.6) is 0 Å². The summed E-state index contributed by atoms with van der Waals surface area (Å²) < 4.78 is 1.97. The Morgan fingerprint density at radius 1 is 1.47 bits per heavy atom. The molecule has 100 valence electrons. The highest BCUT2D eigenvalue weighted by Gasteiger charge is 2.14. The molecule has 0 amide bonds. The Kier molecular flexibility index (Phi) is 4.01. The fourth-order valence-electron chi connectivity index (χ4n) is 1.85. The molecule has 0 aliphatic carbocycles. The molecule has 0 atom stereocenters. The van der Waals surface area contributed by atoms with Gasteiger partial charge < -0.3 is 4.98 Å². The first-order valence-corrected chi connectivity index (χ1v) is 7.08. The zero-order valence-corrected chi connectivity index (χ0v) is 13.0. The molecule has 19 heavy (non-hydrogen) atoms. The fraction of sp³-hybridized carbons (Fsp3) is 0.308. The Morgan fingerprint density at radius 2 is 2.16 bits per heavy atom. The molecule has 2 rings (SSSR count). The molecule has 1 heterocycles. The van der Waals surface area contributed by atoms with Gasteiger partial charge in [-0.15, -0.1) is 0 Å². The summed E-state index contributed by atoms with van der Waals surface area (Å²) in [5, 5.41) is 0.445. The van der Waals surface area contributed by atoms with Crippen molar-refractivity contribution < 1.29 is 4.79 Å². The lowest BCUT2D eigenvalue weighted by Gasteiger charge is -2.08. The van der Waals surface area contributed by atoms with Crippen LogP contribution in [0, 0.1) is 10.7 Å². The molecule has 0 saturated heterocycles. The maximum absolute atomic E-state index is 12.4. The highest BCUT2D eigenvalue weighted by molar-refractivity contribution is 9.10. The average molecular weight is 341 g/mol. The van der Waals surface area contributed by atoms with E-state index in [1.165, 1.54) is 0 Å². The molecule has 6 heteroatoms. The second kappa shape index (κ2) is 5.38. The number of aromatic nitrogens is 2. The monoisotopic (exact) mass is 340 g/mol. The number of hydrogen-bond donors (Lipinski definition) is 1. The van der Waals surface area contributed by atoms with E-state index in [4.69, 9.17) is 12.2 Å². The van der Waals surface area contributed by atoms with Gasteiger partial charge in [0.1, 0.15) is 0 Å². The van der Waals surface area contributed by atoms with E-state index < -0.39 is 0 Å². The second-order valence-corrected chi connectivity index (χ2v) is 6.05. The van der Waals surface area contributed by atoms with Gasteiger partial charge in [-0.1, -0.05) is 29.8 Å². The molecule has 0 spiro atoms. The molecule has 0 fully saturated rings. The van der Waals surface area contributed by atoms with Crippen LogP contribution in [0.1, 0.15) is 25.1 Å². The normalized spacial score (nSPS) is 11.2. The van der Waals surface area contributed by atoms with Gasteiger partial charge in [-0.25, -0.2) is 4.57 Å². The Morgan fingerprint density at radius 3 is 2.79 bits per heavy atom. The summed E-state index contributed by atoms with van der Waals surface area (Å²) in [6.07, 6.45) is 0.289. The number of fused-ring (bicyclic) bond motifs is 1. The van der Waals surface area contributed by atoms with Crippen molar-refractivity contribution in [2.45, 2.75) is 20.3 Å². The van der Waals surface area contributed by atoms with Crippen LogP contribution in [0.3, 0.4) is 0 Å². The molecule has 0 aliphatic heterocycles. The molecule has 0 unspecified atom stereocenters. The second-order valence-electron chi connectivity index (χ2n) is 4.75. The third kappa shape index (κ3) is 2.84. The lowest BCUT2D eigenvalue weighted by atomic mass is 10.1. The SMILES string of the molecule is CC(C)CC(=O)n1c(=S)[nH]c2ccc(Br)cc2c1=O. The predicted octanol–water partition coefficient (Wildman–Crippen LogP) is 3.51. The molecule has 2 aromatic rings. The van der Waals surface area contributed by atoms with Crippen LogP contribution in [-0.4, -0.2) is 15.5 Å². The maximum atomic E-state index is 12.4. The van der Waals surface area contributed by atoms with Gasteiger partial charge in [0.2, 0.25) is 5.91 Å². The summed E-state index contributed by atoms with van der Waals surface area (Å²) in [5.74, 6) is -0.102. The van der Waals surface area contributed by atoms with Crippen molar-refractivity contribution in [3.05, 3.63) is 37.8 Å². The van der Waals surface area contributed by atoms with Crippen molar-refractivity contribution in [1.29, 1.82) is 0 Å². The van der Waals surface area contributed by atoms with Gasteiger partial charge in [0, 0.05) is 10.9 Å². The number of carbonyl (C=O) groups is 1. The number of aromatic amines is 1. The van der Waals surface area contributed by atoms with Gasteiger partial charge in [-0.05, 0) is 36.3 Å². The fourth-order valence-corrected chi connectivity index (χ4v) is 2.51. The number of hydrogen-bond acceptors (Lipinski definition) is 3. The van der Waals surface area contributed by atoms with Gasteiger partial charge in [-0.2, -0.15) is 0 Å². The summed E-state index contributed by atoms with van der Waals surface area (Å²) in [6.45, 7) is 3.85. The Hall–Kier alpha value is -1.27. The zero-order valence-electron chi connectivity index (χ0n) is 10.6. The van der Waals surface area contributed by atoms with Gasteiger partial charge in [0.15, 0.2) is 4.77 Å². The third-order valence-electron chi connectivity index (χ3n) is 2.69. The van der Waals surface area contributed by atoms with Crippen LogP contribution in [0.25, 0.3) is 10.9 Å². The Labute approximate surface area is 123 Å². The van der Waals surface area contributed by atoms with E-state index in [1.54, 1.807) is 12.1 Å². The van der Waals surface area contributed by atoms with Crippen LogP contribution in [0.15, 0.2) is 27.5 Å². The van der Waals surface area contributed by atoms with E-state index in [-0.39, 0.29) is 28.6 Å². The predicted molar refractivity (Wildman–Crippen MR) is 81.2 cm³/mol. The molecular formula is C13H13BrN2O2S. The van der Waals surface area contributed by atoms with Gasteiger partial charge in [-0.3, -0.25) is 9.59 Å². The number of halogens is 1. The van der Waals surface area contributed by atoms with Crippen LogP contribution >= 0.6 is 28.1 Å². The number of rotatable bonds is 2. The van der Waals surface area contributed by atoms with Crippen molar-refractivity contribution in [3.63, 3.8) is 0 Å². The molecule has 4 nitrogen and oxygen atoms in total. The first-order chi connectivity index (χ1) is 8.90. The first-order valence-electron chi connectivity index (χ1n) is 5.88. The quantitative estimate of drug-likeness (QED) is 0.851.